The lowest BCUT2D eigenvalue weighted by Crippen LogP contribution is -2.54. The summed E-state index contributed by atoms with van der Waals surface area (Å²) in [4.78, 5) is 41.4. The van der Waals surface area contributed by atoms with Crippen LogP contribution in [0.15, 0.2) is 42.5 Å². The Morgan fingerprint density at radius 3 is 2.48 bits per heavy atom. The first-order valence-corrected chi connectivity index (χ1v) is 10.7. The van der Waals surface area contributed by atoms with Gasteiger partial charge in [-0.25, -0.2) is 0 Å². The van der Waals surface area contributed by atoms with Crippen molar-refractivity contribution in [3.8, 4) is 0 Å². The number of para-hydroxylation sites is 1. The highest BCUT2D eigenvalue weighted by molar-refractivity contribution is 6.35. The van der Waals surface area contributed by atoms with Crippen molar-refractivity contribution in [3.63, 3.8) is 0 Å². The van der Waals surface area contributed by atoms with E-state index in [4.69, 9.17) is 23.2 Å². The summed E-state index contributed by atoms with van der Waals surface area (Å²) in [6.45, 7) is 1.53. The van der Waals surface area contributed by atoms with Crippen LogP contribution in [0.1, 0.15) is 18.1 Å². The number of carbonyl (C=O) groups excluding carboxylic acids is 3. The van der Waals surface area contributed by atoms with E-state index in [1.54, 1.807) is 42.5 Å². The molecule has 3 unspecified atom stereocenters. The molecule has 0 radical (unpaired) electrons. The van der Waals surface area contributed by atoms with E-state index in [0.717, 1.165) is 4.90 Å². The van der Waals surface area contributed by atoms with Gasteiger partial charge in [0, 0.05) is 16.6 Å². The monoisotopic (exact) mass is 459 g/mol. The molecule has 0 bridgehead atoms. The smallest absolute Gasteiger partial charge is 0.250 e. The molecule has 0 aromatic heterocycles. The minimum atomic E-state index is -1.49. The van der Waals surface area contributed by atoms with Crippen molar-refractivity contribution >= 4 is 46.6 Å². The molecule has 3 N–H and O–H groups in total. The van der Waals surface area contributed by atoms with E-state index in [1.165, 1.54) is 6.92 Å². The SMILES string of the molecule is CC(O)C1NC2(C(=O)Nc3c(Cl)cccc32)[C@H]2C(=O)N(Cc3ccccc3Cl)C(=O)[C@@H]12. The van der Waals surface area contributed by atoms with E-state index in [2.05, 4.69) is 10.6 Å². The summed E-state index contributed by atoms with van der Waals surface area (Å²) in [7, 11) is 0. The highest BCUT2D eigenvalue weighted by atomic mass is 35.5. The van der Waals surface area contributed by atoms with Crippen molar-refractivity contribution in [3.05, 3.63) is 63.6 Å². The van der Waals surface area contributed by atoms with Gasteiger partial charge in [0.1, 0.15) is 5.54 Å². The van der Waals surface area contributed by atoms with Gasteiger partial charge in [-0.15, -0.1) is 0 Å². The number of benzene rings is 2. The van der Waals surface area contributed by atoms with Crippen molar-refractivity contribution in [2.45, 2.75) is 31.2 Å². The van der Waals surface area contributed by atoms with Crippen LogP contribution in [-0.4, -0.2) is 39.9 Å². The van der Waals surface area contributed by atoms with Crippen LogP contribution in [-0.2, 0) is 26.5 Å². The number of aliphatic hydroxyl groups excluding tert-OH is 1. The van der Waals surface area contributed by atoms with Gasteiger partial charge in [-0.1, -0.05) is 53.5 Å². The third-order valence-corrected chi connectivity index (χ3v) is 7.21. The Morgan fingerprint density at radius 1 is 1.06 bits per heavy atom. The predicted octanol–water partition coefficient (Wildman–Crippen LogP) is 2.29. The molecule has 1 spiro atoms. The molecular weight excluding hydrogens is 441 g/mol. The number of likely N-dealkylation sites (tertiary alicyclic amines) is 1. The first kappa shape index (κ1) is 20.5. The van der Waals surface area contributed by atoms with E-state index in [1.807, 2.05) is 0 Å². The van der Waals surface area contributed by atoms with Gasteiger partial charge in [0.25, 0.3) is 0 Å². The third-order valence-electron chi connectivity index (χ3n) is 6.53. The molecule has 5 atom stereocenters. The Bertz CT molecular complexity index is 1140. The Balaban J connectivity index is 1.63. The minimum absolute atomic E-state index is 0.00300. The molecule has 5 rings (SSSR count). The maximum Gasteiger partial charge on any atom is 0.250 e. The summed E-state index contributed by atoms with van der Waals surface area (Å²) in [5, 5.41) is 17.1. The topological polar surface area (TPSA) is 98.7 Å². The van der Waals surface area contributed by atoms with Gasteiger partial charge in [0.05, 0.1) is 35.2 Å². The third kappa shape index (κ3) is 2.70. The zero-order valence-corrected chi connectivity index (χ0v) is 17.9. The number of nitrogens with zero attached hydrogens (tertiary/aromatic N) is 1. The lowest BCUT2D eigenvalue weighted by atomic mass is 9.76. The van der Waals surface area contributed by atoms with Gasteiger partial charge < -0.3 is 10.4 Å². The largest absolute Gasteiger partial charge is 0.392 e. The van der Waals surface area contributed by atoms with E-state index in [0.29, 0.717) is 26.9 Å². The van der Waals surface area contributed by atoms with Crippen molar-refractivity contribution in [1.82, 2.24) is 10.2 Å². The lowest BCUT2D eigenvalue weighted by molar-refractivity contribution is -0.143. The van der Waals surface area contributed by atoms with Gasteiger partial charge in [-0.3, -0.25) is 24.6 Å². The fourth-order valence-electron chi connectivity index (χ4n) is 5.15. The predicted molar refractivity (Wildman–Crippen MR) is 114 cm³/mol. The van der Waals surface area contributed by atoms with Crippen LogP contribution in [0.2, 0.25) is 10.0 Å². The second-order valence-corrected chi connectivity index (χ2v) is 9.01. The number of aliphatic hydroxyl groups is 1. The highest BCUT2D eigenvalue weighted by Gasteiger charge is 2.71. The van der Waals surface area contributed by atoms with Crippen molar-refractivity contribution in [1.29, 1.82) is 0 Å². The minimum Gasteiger partial charge on any atom is -0.392 e. The van der Waals surface area contributed by atoms with Gasteiger partial charge in [0.15, 0.2) is 0 Å². The maximum absolute atomic E-state index is 13.6. The number of nitrogens with one attached hydrogen (secondary N) is 2. The summed E-state index contributed by atoms with van der Waals surface area (Å²) in [5.74, 6) is -3.29. The van der Waals surface area contributed by atoms with Crippen molar-refractivity contribution in [2.24, 2.45) is 11.8 Å². The molecule has 3 aliphatic heterocycles. The van der Waals surface area contributed by atoms with Crippen LogP contribution < -0.4 is 10.6 Å². The molecular formula is C22H19Cl2N3O4. The normalized spacial score (nSPS) is 30.0. The molecule has 2 fully saturated rings. The van der Waals surface area contributed by atoms with Gasteiger partial charge >= 0.3 is 0 Å². The fraction of sp³-hybridized carbons (Fsp3) is 0.318. The highest BCUT2D eigenvalue weighted by Crippen LogP contribution is 2.54. The zero-order valence-electron chi connectivity index (χ0n) is 16.4. The number of hydrogen-bond donors (Lipinski definition) is 3. The Hall–Kier alpha value is -2.45. The maximum atomic E-state index is 13.6. The number of carbonyl (C=O) groups is 3. The second-order valence-electron chi connectivity index (χ2n) is 8.19. The summed E-state index contributed by atoms with van der Waals surface area (Å²) >= 11 is 12.5. The number of halogens is 2. The van der Waals surface area contributed by atoms with Crippen LogP contribution in [0.3, 0.4) is 0 Å². The molecule has 160 valence electrons. The van der Waals surface area contributed by atoms with E-state index in [-0.39, 0.29) is 6.54 Å². The van der Waals surface area contributed by atoms with Crippen LogP contribution in [0, 0.1) is 11.8 Å². The summed E-state index contributed by atoms with van der Waals surface area (Å²) < 4.78 is 0. The molecule has 0 aliphatic carbocycles. The molecule has 3 amide bonds. The van der Waals surface area contributed by atoms with Crippen molar-refractivity contribution in [2.75, 3.05) is 5.32 Å². The Morgan fingerprint density at radius 2 is 1.77 bits per heavy atom. The molecule has 2 saturated heterocycles. The van der Waals surface area contributed by atoms with E-state index >= 15 is 0 Å². The molecule has 0 saturated carbocycles. The standard InChI is InChI=1S/C22H19Cl2N3O4/c1-10(28)17-15-16(20(30)27(19(15)29)9-11-5-2-3-7-13(11)23)22(26-17)12-6-4-8-14(24)18(12)25-21(22)31/h2-8,10,15-17,26,28H,9H2,1H3,(H,25,31)/t10?,15-,16-,17?,22?/m1/s1. The number of imide groups is 1. The van der Waals surface area contributed by atoms with Gasteiger partial charge in [0.2, 0.25) is 17.7 Å². The Labute approximate surface area is 188 Å². The van der Waals surface area contributed by atoms with Crippen LogP contribution in [0.4, 0.5) is 5.69 Å². The number of hydrogen-bond acceptors (Lipinski definition) is 5. The van der Waals surface area contributed by atoms with E-state index in [9.17, 15) is 19.5 Å². The molecule has 9 heteroatoms. The lowest BCUT2D eigenvalue weighted by Gasteiger charge is -2.30. The number of rotatable bonds is 3. The quantitative estimate of drug-likeness (QED) is 0.611. The number of amides is 3. The van der Waals surface area contributed by atoms with Crippen molar-refractivity contribution < 1.29 is 19.5 Å². The van der Waals surface area contributed by atoms with E-state index < -0.39 is 47.2 Å². The summed E-state index contributed by atoms with van der Waals surface area (Å²) in [6.07, 6.45) is -0.972. The average Bonchev–Trinajstić information content (AvgIpc) is 3.32. The van der Waals surface area contributed by atoms with Gasteiger partial charge in [-0.2, -0.15) is 0 Å². The average molecular weight is 460 g/mol. The zero-order chi connectivity index (χ0) is 22.1. The number of fused-ring (bicyclic) bond motifs is 4. The first-order chi connectivity index (χ1) is 14.8. The van der Waals surface area contributed by atoms with Crippen LogP contribution in [0.25, 0.3) is 0 Å². The Kier molecular flexibility index (Phi) is 4.64. The molecule has 3 heterocycles. The molecule has 31 heavy (non-hydrogen) atoms. The molecule has 2 aromatic rings. The number of anilines is 1. The molecule has 2 aromatic carbocycles. The molecule has 3 aliphatic rings. The summed E-state index contributed by atoms with van der Waals surface area (Å²) in [6, 6.07) is 11.2. The van der Waals surface area contributed by atoms with Gasteiger partial charge in [-0.05, 0) is 24.6 Å². The van der Waals surface area contributed by atoms with Crippen LogP contribution >= 0.6 is 23.2 Å². The first-order valence-electron chi connectivity index (χ1n) is 9.92. The molecule has 7 nitrogen and oxygen atoms in total. The van der Waals surface area contributed by atoms with Crippen LogP contribution in [0.5, 0.6) is 0 Å². The fourth-order valence-corrected chi connectivity index (χ4v) is 5.57. The summed E-state index contributed by atoms with van der Waals surface area (Å²) in [5.41, 5.74) is 0.0512. The second kappa shape index (κ2) is 7.03.